The highest BCUT2D eigenvalue weighted by molar-refractivity contribution is 7.93. The fraction of sp³-hybridized carbons (Fsp3) is 0.200. The number of nitro groups is 1. The van der Waals surface area contributed by atoms with Gasteiger partial charge in [0.25, 0.3) is 0 Å². The van der Waals surface area contributed by atoms with Crippen LogP contribution in [0.15, 0.2) is 36.4 Å². The van der Waals surface area contributed by atoms with Crippen LogP contribution in [0, 0.1) is 15.9 Å². The average Bonchev–Trinajstić information content (AvgIpc) is 2.77. The molecule has 0 fully saturated rings. The number of hydrogen-bond acceptors (Lipinski definition) is 5. The maximum atomic E-state index is 13.9. The molecule has 0 saturated heterocycles. The highest BCUT2D eigenvalue weighted by Gasteiger charge is 2.38. The van der Waals surface area contributed by atoms with Gasteiger partial charge in [-0.25, -0.2) is 8.42 Å². The maximum absolute atomic E-state index is 13.9. The van der Waals surface area contributed by atoms with Crippen molar-refractivity contribution < 1.29 is 22.5 Å². The van der Waals surface area contributed by atoms with Gasteiger partial charge in [-0.15, -0.1) is 0 Å². The lowest BCUT2D eigenvalue weighted by Crippen LogP contribution is -2.15. The van der Waals surface area contributed by atoms with Gasteiger partial charge in [-0.1, -0.05) is 12.1 Å². The van der Waals surface area contributed by atoms with E-state index in [1.807, 2.05) is 0 Å². The number of nitrogens with zero attached hydrogens (tertiary/aromatic N) is 1. The van der Waals surface area contributed by atoms with Crippen molar-refractivity contribution >= 4 is 21.4 Å². The maximum Gasteiger partial charge on any atom is 0.306 e. The van der Waals surface area contributed by atoms with Crippen LogP contribution in [0.3, 0.4) is 0 Å². The predicted octanol–water partition coefficient (Wildman–Crippen LogP) is 2.78. The predicted molar refractivity (Wildman–Crippen MR) is 85.0 cm³/mol. The Balaban J connectivity index is 1.99. The fourth-order valence-corrected chi connectivity index (χ4v) is 4.23. The molecule has 0 bridgehead atoms. The minimum Gasteiger partial charge on any atom is -0.497 e. The summed E-state index contributed by atoms with van der Waals surface area (Å²) >= 11 is 0. The summed E-state index contributed by atoms with van der Waals surface area (Å²) in [5.74, 6) is -0.425. The van der Waals surface area contributed by atoms with E-state index < -0.39 is 31.7 Å². The lowest BCUT2D eigenvalue weighted by Gasteiger charge is -2.10. The van der Waals surface area contributed by atoms with Crippen molar-refractivity contribution in [3.63, 3.8) is 0 Å². The topological polar surface area (TPSA) is 98.5 Å². The second kappa shape index (κ2) is 5.75. The Morgan fingerprint density at radius 2 is 1.96 bits per heavy atom. The van der Waals surface area contributed by atoms with Gasteiger partial charge in [-0.3, -0.25) is 14.8 Å². The van der Waals surface area contributed by atoms with Crippen LogP contribution in [-0.2, 0) is 16.4 Å². The Morgan fingerprint density at radius 3 is 2.54 bits per heavy atom. The molecule has 0 aromatic heterocycles. The summed E-state index contributed by atoms with van der Waals surface area (Å²) in [6.07, 6.45) is 0.115. The molecule has 1 aliphatic heterocycles. The number of benzene rings is 2. The third kappa shape index (κ3) is 2.78. The molecule has 2 aromatic rings. The molecule has 126 valence electrons. The number of anilines is 1. The number of halogens is 1. The Bertz CT molecular complexity index is 912. The lowest BCUT2D eigenvalue weighted by molar-refractivity contribution is -0.387. The van der Waals surface area contributed by atoms with E-state index in [9.17, 15) is 22.9 Å². The molecule has 24 heavy (non-hydrogen) atoms. The zero-order valence-electron chi connectivity index (χ0n) is 12.5. The van der Waals surface area contributed by atoms with Gasteiger partial charge in [0.1, 0.15) is 11.0 Å². The lowest BCUT2D eigenvalue weighted by atomic mass is 10.0. The van der Waals surface area contributed by atoms with E-state index >= 15 is 0 Å². The SMILES string of the molecule is COc1ccc(CC2c3cc(F)c([N+](=O)[O-])cc3NS2(=O)=O)cc1. The summed E-state index contributed by atoms with van der Waals surface area (Å²) in [7, 11) is -2.27. The number of nitrogens with one attached hydrogen (secondary N) is 1. The zero-order chi connectivity index (χ0) is 17.5. The monoisotopic (exact) mass is 352 g/mol. The molecule has 7 nitrogen and oxygen atoms in total. The van der Waals surface area contributed by atoms with Crippen molar-refractivity contribution in [2.45, 2.75) is 11.7 Å². The number of methoxy groups -OCH3 is 1. The first kappa shape index (κ1) is 16.2. The van der Waals surface area contributed by atoms with Crippen LogP contribution >= 0.6 is 0 Å². The first-order valence-electron chi connectivity index (χ1n) is 6.94. The van der Waals surface area contributed by atoms with Crippen molar-refractivity contribution in [3.8, 4) is 5.75 Å². The third-order valence-electron chi connectivity index (χ3n) is 3.87. The molecule has 0 aliphatic carbocycles. The first-order chi connectivity index (χ1) is 11.3. The van der Waals surface area contributed by atoms with Crippen LogP contribution in [0.1, 0.15) is 16.4 Å². The summed E-state index contributed by atoms with van der Waals surface area (Å²) in [6, 6.07) is 8.65. The normalized spacial score (nSPS) is 17.8. The van der Waals surface area contributed by atoms with Crippen LogP contribution < -0.4 is 9.46 Å². The van der Waals surface area contributed by atoms with Crippen molar-refractivity contribution in [2.24, 2.45) is 0 Å². The Labute approximate surface area is 137 Å². The summed E-state index contributed by atoms with van der Waals surface area (Å²) in [4.78, 5) is 9.90. The van der Waals surface area contributed by atoms with Gasteiger partial charge < -0.3 is 4.74 Å². The Hall–Kier alpha value is -2.68. The van der Waals surface area contributed by atoms with E-state index in [2.05, 4.69) is 4.72 Å². The number of hydrogen-bond donors (Lipinski definition) is 1. The number of fused-ring (bicyclic) bond motifs is 1. The van der Waals surface area contributed by atoms with E-state index in [-0.39, 0.29) is 17.7 Å². The number of ether oxygens (including phenoxy) is 1. The largest absolute Gasteiger partial charge is 0.497 e. The second-order valence-electron chi connectivity index (χ2n) is 5.34. The van der Waals surface area contributed by atoms with E-state index in [0.717, 1.165) is 17.7 Å². The molecule has 0 spiro atoms. The molecule has 0 amide bonds. The number of rotatable bonds is 4. The van der Waals surface area contributed by atoms with Gasteiger partial charge in [0, 0.05) is 6.07 Å². The summed E-state index contributed by atoms with van der Waals surface area (Å²) in [6.45, 7) is 0. The van der Waals surface area contributed by atoms with Gasteiger partial charge in [0.05, 0.1) is 17.7 Å². The van der Waals surface area contributed by atoms with Crippen molar-refractivity contribution in [1.29, 1.82) is 0 Å². The van der Waals surface area contributed by atoms with Gasteiger partial charge in [-0.2, -0.15) is 4.39 Å². The second-order valence-corrected chi connectivity index (χ2v) is 7.20. The van der Waals surface area contributed by atoms with Crippen molar-refractivity contribution in [2.75, 3.05) is 11.8 Å². The molecule has 1 atom stereocenters. The smallest absolute Gasteiger partial charge is 0.306 e. The molecule has 9 heteroatoms. The zero-order valence-corrected chi connectivity index (χ0v) is 13.3. The van der Waals surface area contributed by atoms with Gasteiger partial charge in [0.2, 0.25) is 15.8 Å². The van der Waals surface area contributed by atoms with E-state index in [1.165, 1.54) is 7.11 Å². The van der Waals surface area contributed by atoms with Crippen LogP contribution in [-0.4, -0.2) is 20.5 Å². The molecule has 0 radical (unpaired) electrons. The number of sulfonamides is 1. The number of nitro benzene ring substituents is 1. The third-order valence-corrected chi connectivity index (χ3v) is 5.54. The van der Waals surface area contributed by atoms with Gasteiger partial charge >= 0.3 is 5.69 Å². The quantitative estimate of drug-likeness (QED) is 0.674. The molecule has 1 aliphatic rings. The molecule has 1 heterocycles. The van der Waals surface area contributed by atoms with Crippen molar-refractivity contribution in [3.05, 3.63) is 63.5 Å². The van der Waals surface area contributed by atoms with E-state index in [0.29, 0.717) is 5.75 Å². The summed E-state index contributed by atoms with van der Waals surface area (Å²) in [5.41, 5.74) is 0.190. The standard InChI is InChI=1S/C15H13FN2O5S/c1-23-10-4-2-9(3-5-10)6-15-11-7-12(16)14(18(19)20)8-13(11)17-24(15,21)22/h2-5,7-8,15,17H,6H2,1H3. The fourth-order valence-electron chi connectivity index (χ4n) is 2.66. The molecular weight excluding hydrogens is 339 g/mol. The highest BCUT2D eigenvalue weighted by atomic mass is 32.2. The molecule has 2 aromatic carbocycles. The summed E-state index contributed by atoms with van der Waals surface area (Å²) in [5, 5.41) is 9.77. The minimum atomic E-state index is -3.79. The Morgan fingerprint density at radius 1 is 1.29 bits per heavy atom. The molecule has 1 unspecified atom stereocenters. The minimum absolute atomic E-state index is 0.0432. The first-order valence-corrected chi connectivity index (χ1v) is 8.49. The van der Waals surface area contributed by atoms with Gasteiger partial charge in [-0.05, 0) is 35.7 Å². The van der Waals surface area contributed by atoms with Crippen molar-refractivity contribution in [1.82, 2.24) is 0 Å². The van der Waals surface area contributed by atoms with Crippen LogP contribution in [0.4, 0.5) is 15.8 Å². The van der Waals surface area contributed by atoms with Crippen LogP contribution in [0.5, 0.6) is 5.75 Å². The highest BCUT2D eigenvalue weighted by Crippen LogP contribution is 2.42. The van der Waals surface area contributed by atoms with Gasteiger partial charge in [0.15, 0.2) is 0 Å². The summed E-state index contributed by atoms with van der Waals surface area (Å²) < 4.78 is 45.8. The molecule has 1 N–H and O–H groups in total. The molecule has 0 saturated carbocycles. The van der Waals surface area contributed by atoms with Crippen LogP contribution in [0.2, 0.25) is 0 Å². The van der Waals surface area contributed by atoms with Crippen LogP contribution in [0.25, 0.3) is 0 Å². The molecule has 3 rings (SSSR count). The average molecular weight is 352 g/mol. The molecular formula is C15H13FN2O5S. The van der Waals surface area contributed by atoms with E-state index in [4.69, 9.17) is 4.74 Å². The van der Waals surface area contributed by atoms with E-state index in [1.54, 1.807) is 24.3 Å². The Kier molecular flexibility index (Phi) is 3.88.